The van der Waals surface area contributed by atoms with Crippen molar-refractivity contribution in [2.45, 2.75) is 39.7 Å². The van der Waals surface area contributed by atoms with Crippen LogP contribution in [0.25, 0.3) is 0 Å². The van der Waals surface area contributed by atoms with Gasteiger partial charge in [0.15, 0.2) is 0 Å². The average Bonchev–Trinajstić information content (AvgIpc) is 3.11. The van der Waals surface area contributed by atoms with Gasteiger partial charge in [0, 0.05) is 30.6 Å². The number of aromatic amines is 2. The predicted octanol–water partition coefficient (Wildman–Crippen LogP) is 1.59. The van der Waals surface area contributed by atoms with Gasteiger partial charge in [-0.1, -0.05) is 0 Å². The Bertz CT molecular complexity index is 671. The zero-order valence-corrected chi connectivity index (χ0v) is 13.8. The lowest BCUT2D eigenvalue weighted by molar-refractivity contribution is -0.140. The number of carbonyl (C=O) groups excluding carboxylic acids is 1. The quantitative estimate of drug-likeness (QED) is 0.896. The van der Waals surface area contributed by atoms with Crippen molar-refractivity contribution >= 4 is 5.91 Å². The molecule has 2 aromatic rings. The molecule has 0 bridgehead atoms. The number of morpholine rings is 1. The van der Waals surface area contributed by atoms with Crippen LogP contribution in [-0.2, 0) is 16.0 Å². The van der Waals surface area contributed by atoms with Crippen molar-refractivity contribution in [1.82, 2.24) is 25.1 Å². The van der Waals surface area contributed by atoms with Gasteiger partial charge in [-0.3, -0.25) is 9.89 Å². The third-order valence-electron chi connectivity index (χ3n) is 4.36. The van der Waals surface area contributed by atoms with Gasteiger partial charge in [-0.2, -0.15) is 5.10 Å². The number of hydrogen-bond donors (Lipinski definition) is 2. The molecule has 0 saturated carbocycles. The molecule has 1 saturated heterocycles. The second kappa shape index (κ2) is 6.54. The minimum absolute atomic E-state index is 0.128. The summed E-state index contributed by atoms with van der Waals surface area (Å²) in [6.07, 6.45) is 2.95. The molecule has 0 spiro atoms. The summed E-state index contributed by atoms with van der Waals surface area (Å²) in [4.78, 5) is 22.2. The molecule has 2 aromatic heterocycles. The molecule has 1 amide bonds. The molecule has 1 atom stereocenters. The molecular formula is C16H23N5O2. The van der Waals surface area contributed by atoms with E-state index in [1.165, 1.54) is 0 Å². The van der Waals surface area contributed by atoms with Crippen LogP contribution in [0.5, 0.6) is 0 Å². The number of amides is 1. The van der Waals surface area contributed by atoms with Crippen molar-refractivity contribution in [1.29, 1.82) is 0 Å². The van der Waals surface area contributed by atoms with Crippen LogP contribution in [0.2, 0.25) is 0 Å². The Hall–Kier alpha value is -2.15. The number of aryl methyl sites for hydroxylation is 3. The van der Waals surface area contributed by atoms with Crippen LogP contribution < -0.4 is 0 Å². The standard InChI is InChI=1S/C16H23N5O2/c1-10-8-17-16(18-10)14-9-23-7-6-21(14)15(22)5-4-13-11(2)19-20-12(13)3/h8,14H,4-7,9H2,1-3H3,(H,17,18)(H,19,20)/t14-/m0/s1. The van der Waals surface area contributed by atoms with E-state index < -0.39 is 0 Å². The van der Waals surface area contributed by atoms with Crippen molar-refractivity contribution < 1.29 is 9.53 Å². The van der Waals surface area contributed by atoms with E-state index in [0.717, 1.165) is 28.5 Å². The summed E-state index contributed by atoms with van der Waals surface area (Å²) < 4.78 is 5.55. The molecule has 0 radical (unpaired) electrons. The highest BCUT2D eigenvalue weighted by Crippen LogP contribution is 2.23. The zero-order chi connectivity index (χ0) is 16.4. The summed E-state index contributed by atoms with van der Waals surface area (Å²) in [5.74, 6) is 0.929. The van der Waals surface area contributed by atoms with Crippen molar-refractivity contribution in [2.24, 2.45) is 0 Å². The SMILES string of the molecule is Cc1cnc([C@@H]2COCCN2C(=O)CCc2c(C)n[nH]c2C)[nH]1. The average molecular weight is 317 g/mol. The smallest absolute Gasteiger partial charge is 0.223 e. The molecule has 3 rings (SSSR count). The first-order valence-electron chi connectivity index (χ1n) is 7.95. The van der Waals surface area contributed by atoms with Crippen LogP contribution in [0.15, 0.2) is 6.20 Å². The third kappa shape index (κ3) is 3.29. The van der Waals surface area contributed by atoms with Crippen LogP contribution in [0, 0.1) is 20.8 Å². The molecule has 124 valence electrons. The number of carbonyl (C=O) groups is 1. The maximum Gasteiger partial charge on any atom is 0.223 e. The Labute approximate surface area is 135 Å². The predicted molar refractivity (Wildman–Crippen MR) is 85.0 cm³/mol. The maximum absolute atomic E-state index is 12.7. The highest BCUT2D eigenvalue weighted by atomic mass is 16.5. The second-order valence-electron chi connectivity index (χ2n) is 6.04. The Kier molecular flexibility index (Phi) is 4.47. The first kappa shape index (κ1) is 15.7. The third-order valence-corrected chi connectivity index (χ3v) is 4.36. The summed E-state index contributed by atoms with van der Waals surface area (Å²) in [7, 11) is 0. The minimum Gasteiger partial charge on any atom is -0.377 e. The lowest BCUT2D eigenvalue weighted by Crippen LogP contribution is -2.44. The summed E-state index contributed by atoms with van der Waals surface area (Å²) in [6.45, 7) is 7.58. The maximum atomic E-state index is 12.7. The molecule has 23 heavy (non-hydrogen) atoms. The fraction of sp³-hybridized carbons (Fsp3) is 0.562. The van der Waals surface area contributed by atoms with Gasteiger partial charge in [0.1, 0.15) is 11.9 Å². The van der Waals surface area contributed by atoms with Crippen molar-refractivity contribution in [3.63, 3.8) is 0 Å². The van der Waals surface area contributed by atoms with Crippen LogP contribution >= 0.6 is 0 Å². The summed E-state index contributed by atoms with van der Waals surface area (Å²) >= 11 is 0. The molecule has 1 aliphatic heterocycles. The Balaban J connectivity index is 1.69. The number of H-pyrrole nitrogens is 2. The molecule has 0 aromatic carbocycles. The molecule has 1 aliphatic rings. The molecule has 7 heteroatoms. The van der Waals surface area contributed by atoms with Crippen molar-refractivity contribution in [2.75, 3.05) is 19.8 Å². The molecule has 7 nitrogen and oxygen atoms in total. The fourth-order valence-corrected chi connectivity index (χ4v) is 3.05. The summed E-state index contributed by atoms with van der Waals surface area (Å²) in [6, 6.07) is -0.128. The number of nitrogens with one attached hydrogen (secondary N) is 2. The van der Waals surface area contributed by atoms with Gasteiger partial charge >= 0.3 is 0 Å². The summed E-state index contributed by atoms with van der Waals surface area (Å²) in [5, 5.41) is 7.15. The molecule has 0 unspecified atom stereocenters. The first-order chi connectivity index (χ1) is 11.1. The van der Waals surface area contributed by atoms with Gasteiger partial charge < -0.3 is 14.6 Å². The van der Waals surface area contributed by atoms with Gasteiger partial charge in [0.2, 0.25) is 5.91 Å². The lowest BCUT2D eigenvalue weighted by Gasteiger charge is -2.34. The van der Waals surface area contributed by atoms with E-state index in [-0.39, 0.29) is 11.9 Å². The van der Waals surface area contributed by atoms with Gasteiger partial charge in [0.05, 0.1) is 18.9 Å². The zero-order valence-electron chi connectivity index (χ0n) is 13.8. The highest BCUT2D eigenvalue weighted by molar-refractivity contribution is 5.77. The molecule has 2 N–H and O–H groups in total. The number of nitrogens with zero attached hydrogens (tertiary/aromatic N) is 3. The van der Waals surface area contributed by atoms with Gasteiger partial charge in [-0.15, -0.1) is 0 Å². The van der Waals surface area contributed by atoms with E-state index in [9.17, 15) is 4.79 Å². The first-order valence-corrected chi connectivity index (χ1v) is 7.95. The molecule has 3 heterocycles. The van der Waals surface area contributed by atoms with Crippen molar-refractivity contribution in [3.05, 3.63) is 34.7 Å². The minimum atomic E-state index is -0.128. The molecule has 0 aliphatic carbocycles. The van der Waals surface area contributed by atoms with E-state index in [2.05, 4.69) is 20.2 Å². The van der Waals surface area contributed by atoms with Gasteiger partial charge in [-0.25, -0.2) is 4.98 Å². The normalized spacial score (nSPS) is 18.4. The number of imidazole rings is 1. The summed E-state index contributed by atoms with van der Waals surface area (Å²) in [5.41, 5.74) is 4.13. The van der Waals surface area contributed by atoms with E-state index in [0.29, 0.717) is 32.6 Å². The molecular weight excluding hydrogens is 294 g/mol. The topological polar surface area (TPSA) is 86.9 Å². The van der Waals surface area contributed by atoms with E-state index in [1.807, 2.05) is 25.7 Å². The van der Waals surface area contributed by atoms with E-state index in [1.54, 1.807) is 6.20 Å². The van der Waals surface area contributed by atoms with Crippen LogP contribution in [0.3, 0.4) is 0 Å². The Morgan fingerprint density at radius 2 is 2.26 bits per heavy atom. The monoisotopic (exact) mass is 317 g/mol. The van der Waals surface area contributed by atoms with Crippen molar-refractivity contribution in [3.8, 4) is 0 Å². The highest BCUT2D eigenvalue weighted by Gasteiger charge is 2.30. The Morgan fingerprint density at radius 1 is 1.43 bits per heavy atom. The van der Waals surface area contributed by atoms with E-state index in [4.69, 9.17) is 4.74 Å². The van der Waals surface area contributed by atoms with Gasteiger partial charge in [0.25, 0.3) is 0 Å². The lowest BCUT2D eigenvalue weighted by atomic mass is 10.1. The fourth-order valence-electron chi connectivity index (χ4n) is 3.05. The number of ether oxygens (including phenoxy) is 1. The number of hydrogen-bond acceptors (Lipinski definition) is 4. The second-order valence-corrected chi connectivity index (χ2v) is 6.04. The van der Waals surface area contributed by atoms with E-state index >= 15 is 0 Å². The molecule has 1 fully saturated rings. The van der Waals surface area contributed by atoms with Crippen LogP contribution in [-0.4, -0.2) is 50.7 Å². The largest absolute Gasteiger partial charge is 0.377 e. The van der Waals surface area contributed by atoms with Crippen LogP contribution in [0.1, 0.15) is 40.9 Å². The van der Waals surface area contributed by atoms with Crippen LogP contribution in [0.4, 0.5) is 0 Å². The number of rotatable bonds is 4. The van der Waals surface area contributed by atoms with Gasteiger partial charge in [-0.05, 0) is 32.8 Å². The number of aromatic nitrogens is 4. The Morgan fingerprint density at radius 3 is 2.91 bits per heavy atom.